The molecule has 0 saturated carbocycles. The van der Waals surface area contributed by atoms with Crippen molar-refractivity contribution in [3.63, 3.8) is 0 Å². The standard InChI is InChI=1S/C57H45BFNO/c1-36-24-28-50(38(3)30-36)58(56-39(4)31-37(2)32-40(56)5)51-29-27-47-46-26-25-45(35-54(46)61-53-23-15-22-48(51)55(47)53)60(44-20-13-8-14-21-44)57-49(42-18-11-7-12-19-42)33-43(34-52(57)59)41-16-9-6-10-17-41/h6-35H,1-5H3. The van der Waals surface area contributed by atoms with Crippen LogP contribution in [0.25, 0.3) is 44.2 Å². The van der Waals surface area contributed by atoms with Crippen LogP contribution >= 0.6 is 0 Å². The number of hydrogen-bond acceptors (Lipinski definition) is 2. The van der Waals surface area contributed by atoms with Gasteiger partial charge in [0.1, 0.15) is 17.3 Å². The molecule has 0 amide bonds. The molecule has 294 valence electrons. The van der Waals surface area contributed by atoms with Gasteiger partial charge in [-0.2, -0.15) is 0 Å². The molecule has 9 aromatic carbocycles. The Morgan fingerprint density at radius 1 is 0.443 bits per heavy atom. The molecule has 1 aliphatic heterocycles. The first kappa shape index (κ1) is 38.1. The fraction of sp³-hybridized carbons (Fsp3) is 0.0877. The zero-order valence-corrected chi connectivity index (χ0v) is 35.1. The molecule has 0 fully saturated rings. The Bertz CT molecular complexity index is 3100. The zero-order valence-electron chi connectivity index (χ0n) is 35.1. The van der Waals surface area contributed by atoms with Gasteiger partial charge in [0.25, 0.3) is 0 Å². The maximum Gasteiger partial charge on any atom is 0.243 e. The molecule has 1 aliphatic rings. The van der Waals surface area contributed by atoms with Gasteiger partial charge in [-0.1, -0.05) is 178 Å². The van der Waals surface area contributed by atoms with Crippen LogP contribution in [0.1, 0.15) is 27.8 Å². The number of benzene rings is 9. The van der Waals surface area contributed by atoms with Crippen LogP contribution in [-0.2, 0) is 0 Å². The number of halogens is 1. The van der Waals surface area contributed by atoms with Gasteiger partial charge in [-0.3, -0.25) is 0 Å². The second-order valence-electron chi connectivity index (χ2n) is 16.5. The first-order chi connectivity index (χ1) is 29.7. The van der Waals surface area contributed by atoms with Crippen molar-refractivity contribution in [2.24, 2.45) is 0 Å². The van der Waals surface area contributed by atoms with Crippen molar-refractivity contribution in [1.82, 2.24) is 0 Å². The van der Waals surface area contributed by atoms with Gasteiger partial charge in [0, 0.05) is 28.3 Å². The van der Waals surface area contributed by atoms with E-state index < -0.39 is 0 Å². The summed E-state index contributed by atoms with van der Waals surface area (Å²) in [5.41, 5.74) is 18.0. The number of nitrogens with zero attached hydrogens (tertiary/aromatic N) is 1. The molecule has 0 unspecified atom stereocenters. The first-order valence-corrected chi connectivity index (χ1v) is 21.1. The molecule has 0 aliphatic carbocycles. The Balaban J connectivity index is 1.15. The monoisotopic (exact) mass is 789 g/mol. The zero-order chi connectivity index (χ0) is 41.8. The second-order valence-corrected chi connectivity index (χ2v) is 16.5. The summed E-state index contributed by atoms with van der Waals surface area (Å²) in [5, 5.41) is 2.28. The molecule has 9 aromatic rings. The minimum absolute atomic E-state index is 0.0238. The summed E-state index contributed by atoms with van der Waals surface area (Å²) < 4.78 is 24.1. The maximum atomic E-state index is 17.2. The van der Waals surface area contributed by atoms with Crippen molar-refractivity contribution >= 4 is 50.9 Å². The molecule has 0 radical (unpaired) electrons. The second kappa shape index (κ2) is 15.5. The minimum atomic E-state index is -0.317. The van der Waals surface area contributed by atoms with E-state index in [-0.39, 0.29) is 12.5 Å². The van der Waals surface area contributed by atoms with Gasteiger partial charge in [0.05, 0.1) is 11.4 Å². The Hall–Kier alpha value is -7.17. The molecule has 0 spiro atoms. The molecular weight excluding hydrogens is 744 g/mol. The smallest absolute Gasteiger partial charge is 0.243 e. The predicted molar refractivity (Wildman–Crippen MR) is 256 cm³/mol. The van der Waals surface area contributed by atoms with Crippen LogP contribution in [-0.4, -0.2) is 6.71 Å². The lowest BCUT2D eigenvalue weighted by atomic mass is 9.34. The molecular formula is C57H45BFNO. The summed E-state index contributed by atoms with van der Waals surface area (Å²) in [6.07, 6.45) is 0. The summed E-state index contributed by atoms with van der Waals surface area (Å²) in [4.78, 5) is 2.02. The molecule has 0 atom stereocenters. The van der Waals surface area contributed by atoms with E-state index in [9.17, 15) is 0 Å². The van der Waals surface area contributed by atoms with Crippen LogP contribution in [0.2, 0.25) is 0 Å². The highest BCUT2D eigenvalue weighted by molar-refractivity contribution is 6.97. The first-order valence-electron chi connectivity index (χ1n) is 21.1. The highest BCUT2D eigenvalue weighted by Gasteiger charge is 2.32. The van der Waals surface area contributed by atoms with Crippen molar-refractivity contribution in [2.75, 3.05) is 4.90 Å². The van der Waals surface area contributed by atoms with Crippen LogP contribution in [0, 0.1) is 40.4 Å². The lowest BCUT2D eigenvalue weighted by Crippen LogP contribution is -2.55. The van der Waals surface area contributed by atoms with E-state index in [1.165, 1.54) is 49.6 Å². The fourth-order valence-electron chi connectivity index (χ4n) is 9.75. The topological polar surface area (TPSA) is 12.5 Å². The Kier molecular flexibility index (Phi) is 9.64. The molecule has 0 bridgehead atoms. The van der Waals surface area contributed by atoms with Crippen molar-refractivity contribution in [2.45, 2.75) is 34.6 Å². The van der Waals surface area contributed by atoms with Gasteiger partial charge >= 0.3 is 0 Å². The van der Waals surface area contributed by atoms with E-state index >= 15 is 4.39 Å². The Morgan fingerprint density at radius 3 is 1.79 bits per heavy atom. The van der Waals surface area contributed by atoms with Crippen molar-refractivity contribution in [3.05, 3.63) is 216 Å². The number of para-hydroxylation sites is 1. The number of fused-ring (bicyclic) bond motifs is 2. The third kappa shape index (κ3) is 6.79. The SMILES string of the molecule is Cc1ccc(B(c2c(C)cc(C)cc2C)c2ccc3c4c(cccc24)Oc2cc(N(c4ccccc4)c4c(F)cc(-c5ccccc5)cc4-c4ccccc4)ccc2-3)c(C)c1. The quantitative estimate of drug-likeness (QED) is 0.142. The van der Waals surface area contributed by atoms with Crippen LogP contribution in [0.5, 0.6) is 11.5 Å². The number of anilines is 3. The number of ether oxygens (including phenoxy) is 1. The molecule has 1 heterocycles. The summed E-state index contributed by atoms with van der Waals surface area (Å²) in [5.74, 6) is 1.22. The van der Waals surface area contributed by atoms with Crippen LogP contribution in [0.15, 0.2) is 182 Å². The van der Waals surface area contributed by atoms with E-state index in [2.05, 4.69) is 120 Å². The van der Waals surface area contributed by atoms with E-state index in [0.29, 0.717) is 5.69 Å². The van der Waals surface area contributed by atoms with Gasteiger partial charge in [0.15, 0.2) is 0 Å². The molecule has 0 saturated heterocycles. The number of aryl methyl sites for hydroxylation is 5. The third-order valence-corrected chi connectivity index (χ3v) is 12.3. The van der Waals surface area contributed by atoms with E-state index in [0.717, 1.165) is 61.6 Å². The van der Waals surface area contributed by atoms with E-state index in [4.69, 9.17) is 4.74 Å². The van der Waals surface area contributed by atoms with Gasteiger partial charge in [0.2, 0.25) is 6.71 Å². The third-order valence-electron chi connectivity index (χ3n) is 12.3. The van der Waals surface area contributed by atoms with Crippen molar-refractivity contribution in [1.29, 1.82) is 0 Å². The van der Waals surface area contributed by atoms with Crippen molar-refractivity contribution in [3.8, 4) is 44.9 Å². The van der Waals surface area contributed by atoms with Gasteiger partial charge in [-0.05, 0) is 105 Å². The molecule has 61 heavy (non-hydrogen) atoms. The Labute approximate surface area is 358 Å². The average molecular weight is 790 g/mol. The largest absolute Gasteiger partial charge is 0.456 e. The molecule has 2 nitrogen and oxygen atoms in total. The number of rotatable bonds is 8. The molecule has 0 aromatic heterocycles. The predicted octanol–water partition coefficient (Wildman–Crippen LogP) is 13.6. The fourth-order valence-corrected chi connectivity index (χ4v) is 9.75. The molecule has 10 rings (SSSR count). The number of hydrogen-bond donors (Lipinski definition) is 0. The van der Waals surface area contributed by atoms with E-state index in [1.54, 1.807) is 6.07 Å². The van der Waals surface area contributed by atoms with Crippen LogP contribution in [0.4, 0.5) is 21.5 Å². The van der Waals surface area contributed by atoms with Gasteiger partial charge < -0.3 is 9.64 Å². The lowest BCUT2D eigenvalue weighted by molar-refractivity contribution is 0.487. The highest BCUT2D eigenvalue weighted by Crippen LogP contribution is 2.50. The lowest BCUT2D eigenvalue weighted by Gasteiger charge is -2.30. The van der Waals surface area contributed by atoms with E-state index in [1.807, 2.05) is 95.9 Å². The average Bonchev–Trinajstić information content (AvgIpc) is 3.27. The summed E-state index contributed by atoms with van der Waals surface area (Å²) in [7, 11) is 0. The highest BCUT2D eigenvalue weighted by atomic mass is 19.1. The maximum absolute atomic E-state index is 17.2. The normalized spacial score (nSPS) is 11.6. The van der Waals surface area contributed by atoms with Crippen molar-refractivity contribution < 1.29 is 9.13 Å². The van der Waals surface area contributed by atoms with Gasteiger partial charge in [-0.15, -0.1) is 0 Å². The summed E-state index contributed by atoms with van der Waals surface area (Å²) >= 11 is 0. The molecule has 0 N–H and O–H groups in total. The minimum Gasteiger partial charge on any atom is -0.456 e. The van der Waals surface area contributed by atoms with Crippen LogP contribution in [0.3, 0.4) is 0 Å². The summed E-state index contributed by atoms with van der Waals surface area (Å²) in [6, 6.07) is 62.7. The molecule has 4 heteroatoms. The Morgan fingerprint density at radius 2 is 1.08 bits per heavy atom. The summed E-state index contributed by atoms with van der Waals surface area (Å²) in [6.45, 7) is 11.1. The van der Waals surface area contributed by atoms with Gasteiger partial charge in [-0.25, -0.2) is 4.39 Å². The van der Waals surface area contributed by atoms with Crippen LogP contribution < -0.4 is 26.0 Å².